The predicted molar refractivity (Wildman–Crippen MR) is 123 cm³/mol. The third kappa shape index (κ3) is 3.95. The molecule has 2 aromatic heterocycles. The van der Waals surface area contributed by atoms with Crippen LogP contribution in [0.2, 0.25) is 0 Å². The maximum atomic E-state index is 13.8. The summed E-state index contributed by atoms with van der Waals surface area (Å²) >= 11 is 1.62. The lowest BCUT2D eigenvalue weighted by Gasteiger charge is -2.41. The summed E-state index contributed by atoms with van der Waals surface area (Å²) in [6.45, 7) is 5.11. The second-order valence-corrected chi connectivity index (χ2v) is 9.34. The van der Waals surface area contributed by atoms with Crippen LogP contribution >= 0.6 is 11.3 Å². The molecule has 4 rings (SSSR count). The Balaban J connectivity index is 1.58. The average molecular weight is 453 g/mol. The van der Waals surface area contributed by atoms with Crippen molar-refractivity contribution in [2.24, 2.45) is 5.92 Å². The van der Waals surface area contributed by atoms with E-state index in [-0.39, 0.29) is 23.8 Å². The Morgan fingerprint density at radius 3 is 2.69 bits per heavy atom. The molecular weight excluding hydrogens is 424 g/mol. The molecule has 7 nitrogen and oxygen atoms in total. The first kappa shape index (κ1) is 22.2. The van der Waals surface area contributed by atoms with E-state index in [1.54, 1.807) is 29.8 Å². The third-order valence-electron chi connectivity index (χ3n) is 6.58. The zero-order valence-electron chi connectivity index (χ0n) is 18.4. The van der Waals surface area contributed by atoms with E-state index in [1.807, 2.05) is 48.4 Å². The summed E-state index contributed by atoms with van der Waals surface area (Å²) in [5.74, 6) is -0.313. The molecule has 2 aliphatic heterocycles. The molecule has 4 heterocycles. The summed E-state index contributed by atoms with van der Waals surface area (Å²) in [5.41, 5.74) is 0.271. The highest BCUT2D eigenvalue weighted by molar-refractivity contribution is 7.09. The highest BCUT2D eigenvalue weighted by Gasteiger charge is 2.57. The van der Waals surface area contributed by atoms with Crippen LogP contribution in [-0.4, -0.2) is 52.3 Å². The number of hydrogen-bond donors (Lipinski definition) is 1. The summed E-state index contributed by atoms with van der Waals surface area (Å²) in [4.78, 5) is 47.9. The van der Waals surface area contributed by atoms with Gasteiger partial charge in [-0.1, -0.05) is 18.2 Å². The molecule has 1 atom stereocenters. The smallest absolute Gasteiger partial charge is 0.325 e. The topological polar surface area (TPSA) is 82.6 Å². The van der Waals surface area contributed by atoms with E-state index < -0.39 is 5.54 Å². The van der Waals surface area contributed by atoms with Crippen LogP contribution in [0, 0.1) is 5.92 Å². The Labute approximate surface area is 192 Å². The van der Waals surface area contributed by atoms with Gasteiger partial charge in [0.1, 0.15) is 0 Å². The number of pyridine rings is 1. The van der Waals surface area contributed by atoms with E-state index in [0.29, 0.717) is 44.5 Å². The molecule has 2 fully saturated rings. The van der Waals surface area contributed by atoms with Gasteiger partial charge in [-0.25, -0.2) is 4.79 Å². The van der Waals surface area contributed by atoms with Crippen molar-refractivity contribution >= 4 is 29.2 Å². The molecule has 168 valence electrons. The molecule has 1 N–H and O–H groups in total. The number of amides is 4. The molecule has 4 amide bonds. The lowest BCUT2D eigenvalue weighted by molar-refractivity contribution is -0.135. The van der Waals surface area contributed by atoms with E-state index in [2.05, 4.69) is 10.3 Å². The van der Waals surface area contributed by atoms with Gasteiger partial charge in [-0.05, 0) is 56.5 Å². The van der Waals surface area contributed by atoms with Crippen LogP contribution in [0.3, 0.4) is 0 Å². The number of aromatic nitrogens is 1. The van der Waals surface area contributed by atoms with Crippen molar-refractivity contribution in [3.8, 4) is 0 Å². The van der Waals surface area contributed by atoms with E-state index in [9.17, 15) is 14.4 Å². The number of piperidine rings is 1. The van der Waals surface area contributed by atoms with Crippen molar-refractivity contribution in [3.63, 3.8) is 0 Å². The Hall–Kier alpha value is -3.00. The number of nitrogens with one attached hydrogen (secondary N) is 1. The van der Waals surface area contributed by atoms with Crippen molar-refractivity contribution in [2.75, 3.05) is 19.6 Å². The molecule has 0 saturated carbocycles. The van der Waals surface area contributed by atoms with Crippen LogP contribution in [0.5, 0.6) is 0 Å². The van der Waals surface area contributed by atoms with Crippen molar-refractivity contribution in [1.29, 1.82) is 0 Å². The number of carbonyl (C=O) groups is 3. The molecule has 0 bridgehead atoms. The number of nitrogens with zero attached hydrogens (tertiary/aromatic N) is 3. The van der Waals surface area contributed by atoms with Crippen LogP contribution in [0.25, 0.3) is 0 Å². The quantitative estimate of drug-likeness (QED) is 0.538. The van der Waals surface area contributed by atoms with Gasteiger partial charge >= 0.3 is 6.03 Å². The Morgan fingerprint density at radius 1 is 1.28 bits per heavy atom. The molecule has 32 heavy (non-hydrogen) atoms. The molecule has 0 aliphatic carbocycles. The highest BCUT2D eigenvalue weighted by atomic mass is 32.1. The lowest BCUT2D eigenvalue weighted by Crippen LogP contribution is -2.54. The van der Waals surface area contributed by atoms with Crippen LogP contribution in [0.15, 0.2) is 53.7 Å². The summed E-state index contributed by atoms with van der Waals surface area (Å²) in [5, 5.41) is 5.04. The minimum absolute atomic E-state index is 0.0285. The minimum Gasteiger partial charge on any atom is -0.339 e. The van der Waals surface area contributed by atoms with E-state index in [1.165, 1.54) is 4.90 Å². The highest BCUT2D eigenvalue weighted by Crippen LogP contribution is 2.41. The number of hydrogen-bond acceptors (Lipinski definition) is 5. The fourth-order valence-corrected chi connectivity index (χ4v) is 5.37. The van der Waals surface area contributed by atoms with Gasteiger partial charge in [0.2, 0.25) is 5.91 Å². The lowest BCUT2D eigenvalue weighted by atomic mass is 9.73. The van der Waals surface area contributed by atoms with Gasteiger partial charge in [-0.15, -0.1) is 11.3 Å². The number of rotatable bonds is 6. The van der Waals surface area contributed by atoms with Gasteiger partial charge in [0, 0.05) is 48.0 Å². The number of thiophene rings is 1. The molecule has 8 heteroatoms. The van der Waals surface area contributed by atoms with Crippen LogP contribution in [0.4, 0.5) is 4.79 Å². The zero-order valence-corrected chi connectivity index (χ0v) is 19.2. The van der Waals surface area contributed by atoms with Gasteiger partial charge < -0.3 is 10.2 Å². The monoisotopic (exact) mass is 452 g/mol. The minimum atomic E-state index is -1.15. The maximum absolute atomic E-state index is 13.8. The van der Waals surface area contributed by atoms with E-state index >= 15 is 0 Å². The summed E-state index contributed by atoms with van der Waals surface area (Å²) in [6.07, 6.45) is 7.04. The first-order chi connectivity index (χ1) is 15.5. The molecule has 2 saturated heterocycles. The van der Waals surface area contributed by atoms with Crippen molar-refractivity contribution in [3.05, 3.63) is 64.1 Å². The van der Waals surface area contributed by atoms with Gasteiger partial charge in [0.15, 0.2) is 5.54 Å². The average Bonchev–Trinajstić information content (AvgIpc) is 3.44. The molecule has 0 radical (unpaired) electrons. The third-order valence-corrected chi connectivity index (χ3v) is 7.51. The van der Waals surface area contributed by atoms with Crippen molar-refractivity contribution < 1.29 is 14.4 Å². The second-order valence-electron chi connectivity index (χ2n) is 8.30. The first-order valence-electron chi connectivity index (χ1n) is 11.0. The Kier molecular flexibility index (Phi) is 6.41. The van der Waals surface area contributed by atoms with Crippen molar-refractivity contribution in [2.45, 2.75) is 38.6 Å². The fourth-order valence-electron chi connectivity index (χ4n) is 4.67. The predicted octanol–water partition coefficient (Wildman–Crippen LogP) is 3.34. The zero-order chi connectivity index (χ0) is 22.7. The van der Waals surface area contributed by atoms with E-state index in [4.69, 9.17) is 0 Å². The largest absolute Gasteiger partial charge is 0.339 e. The molecule has 2 aliphatic rings. The summed E-state index contributed by atoms with van der Waals surface area (Å²) in [6, 6.07) is 7.26. The standard InChI is InChI=1S/C24H28N4O3S/c1-3-17(2)21(29)27-12-8-18(9-13-27)24(19-6-4-11-25-16-19)22(30)28(23(31)26-24)14-10-20-7-5-15-32-20/h3-7,11,15-16,18H,8-10,12-14H2,1-2H3,(H,26,31)/b17-3+/t24-/m1/s1. The van der Waals surface area contributed by atoms with Gasteiger partial charge in [-0.2, -0.15) is 0 Å². The van der Waals surface area contributed by atoms with Gasteiger partial charge in [0.25, 0.3) is 5.91 Å². The fraction of sp³-hybridized carbons (Fsp3) is 0.417. The maximum Gasteiger partial charge on any atom is 0.325 e. The normalized spacial score (nSPS) is 22.4. The summed E-state index contributed by atoms with van der Waals surface area (Å²) < 4.78 is 0. The van der Waals surface area contributed by atoms with Crippen LogP contribution < -0.4 is 5.32 Å². The molecule has 0 unspecified atom stereocenters. The van der Waals surface area contributed by atoms with Crippen molar-refractivity contribution in [1.82, 2.24) is 20.1 Å². The number of carbonyl (C=O) groups excluding carboxylic acids is 3. The SMILES string of the molecule is C/C=C(\C)C(=O)N1CCC([C@]2(c3cccnc3)NC(=O)N(CCc3cccs3)C2=O)CC1. The van der Waals surface area contributed by atoms with Crippen LogP contribution in [0.1, 0.15) is 37.1 Å². The Bertz CT molecular complexity index is 1010. The van der Waals surface area contributed by atoms with Gasteiger partial charge in [0.05, 0.1) is 0 Å². The second kappa shape index (κ2) is 9.24. The number of likely N-dealkylation sites (tertiary alicyclic amines) is 1. The van der Waals surface area contributed by atoms with E-state index in [0.717, 1.165) is 10.5 Å². The summed E-state index contributed by atoms with van der Waals surface area (Å²) in [7, 11) is 0. The number of allylic oxidation sites excluding steroid dienone is 1. The molecular formula is C24H28N4O3S. The number of imide groups is 1. The molecule has 2 aromatic rings. The van der Waals surface area contributed by atoms with Crippen LogP contribution in [-0.2, 0) is 21.5 Å². The first-order valence-corrected chi connectivity index (χ1v) is 11.8. The van der Waals surface area contributed by atoms with Gasteiger partial charge in [-0.3, -0.25) is 19.5 Å². The number of urea groups is 1. The molecule has 0 aromatic carbocycles. The molecule has 0 spiro atoms. The Morgan fingerprint density at radius 2 is 2.06 bits per heavy atom.